The van der Waals surface area contributed by atoms with E-state index in [2.05, 4.69) is 54.5 Å². The Morgan fingerprint density at radius 2 is 1.59 bits per heavy atom. The second-order valence-electron chi connectivity index (χ2n) is 14.8. The smallest absolute Gasteiger partial charge is 0.303 e. The third-order valence-corrected chi connectivity index (χ3v) is 12.5. The summed E-state index contributed by atoms with van der Waals surface area (Å²) in [5, 5.41) is 0. The van der Waals surface area contributed by atoms with Gasteiger partial charge in [0.15, 0.2) is 0 Å². The minimum atomic E-state index is -0.154. The number of fused-ring (bicyclic) bond motifs is 6. The average Bonchev–Trinajstić information content (AvgIpc) is 3.21. The van der Waals surface area contributed by atoms with Gasteiger partial charge in [-0.25, -0.2) is 0 Å². The summed E-state index contributed by atoms with van der Waals surface area (Å²) in [5.41, 5.74) is 4.84. The van der Waals surface area contributed by atoms with Crippen LogP contribution in [-0.2, 0) is 19.1 Å². The van der Waals surface area contributed by atoms with E-state index in [0.717, 1.165) is 38.5 Å². The molecule has 0 aromatic heterocycles. The lowest BCUT2D eigenvalue weighted by molar-refractivity contribution is -0.208. The SMILES string of the molecule is CC(=O)O[C@H]1CC[C@]2(C)[C@H]3CC=C4C5=C(CC[C@H]5C(C)C)[C@H](OC(C)=O)C[C@@]4(C)[C@]3(C)CC[C@H]2C1(C)C. The van der Waals surface area contributed by atoms with E-state index in [1.54, 1.807) is 25.0 Å². The molecule has 5 aliphatic rings. The standard InChI is InChI=1S/C33H50O4/c1-19(2)22-10-11-23-25(36-20(3)34)18-33(9)24(29(22)23)12-13-27-31(7)16-15-28(37-21(4)35)30(5,6)26(31)14-17-32(27,33)8/h12,19,22,25-28H,10-11,13-18H2,1-9H3/t22-,25+,26-,27+,28-,31-,32+,33+/m0/s1. The number of rotatable bonds is 3. The number of carbonyl (C=O) groups excluding carboxylic acids is 2. The number of ether oxygens (including phenoxy) is 2. The molecule has 0 heterocycles. The predicted octanol–water partition coefficient (Wildman–Crippen LogP) is 7.81. The van der Waals surface area contributed by atoms with Gasteiger partial charge in [0.2, 0.25) is 0 Å². The van der Waals surface area contributed by atoms with E-state index < -0.39 is 0 Å². The largest absolute Gasteiger partial charge is 0.462 e. The molecule has 5 aliphatic carbocycles. The molecule has 2 saturated carbocycles. The molecular weight excluding hydrogens is 460 g/mol. The molecule has 8 atom stereocenters. The first-order chi connectivity index (χ1) is 17.2. The van der Waals surface area contributed by atoms with Crippen LogP contribution in [0.15, 0.2) is 22.8 Å². The summed E-state index contributed by atoms with van der Waals surface area (Å²) in [7, 11) is 0. The van der Waals surface area contributed by atoms with Gasteiger partial charge in [0.05, 0.1) is 0 Å². The van der Waals surface area contributed by atoms with Crippen molar-refractivity contribution in [3.8, 4) is 0 Å². The zero-order valence-electron chi connectivity index (χ0n) is 24.8. The van der Waals surface area contributed by atoms with E-state index in [1.165, 1.54) is 18.4 Å². The molecule has 0 aliphatic heterocycles. The fraction of sp³-hybridized carbons (Fsp3) is 0.818. The van der Waals surface area contributed by atoms with E-state index in [-0.39, 0.29) is 45.8 Å². The van der Waals surface area contributed by atoms with Crippen molar-refractivity contribution in [1.29, 1.82) is 0 Å². The fourth-order valence-corrected chi connectivity index (χ4v) is 10.7. The van der Waals surface area contributed by atoms with Crippen LogP contribution in [0, 0.1) is 45.3 Å². The zero-order chi connectivity index (χ0) is 27.1. The first-order valence-electron chi connectivity index (χ1n) is 14.9. The normalized spacial score (nSPS) is 44.3. The van der Waals surface area contributed by atoms with Gasteiger partial charge in [-0.05, 0) is 103 Å². The van der Waals surface area contributed by atoms with Crippen molar-refractivity contribution in [2.45, 2.75) is 126 Å². The molecular formula is C33H50O4. The maximum absolute atomic E-state index is 12.3. The Hall–Kier alpha value is -1.58. The minimum absolute atomic E-state index is 0.00117. The van der Waals surface area contributed by atoms with Gasteiger partial charge in [-0.2, -0.15) is 0 Å². The summed E-state index contributed by atoms with van der Waals surface area (Å²) in [6, 6.07) is 0. The summed E-state index contributed by atoms with van der Waals surface area (Å²) in [4.78, 5) is 24.2. The van der Waals surface area contributed by atoms with E-state index in [9.17, 15) is 9.59 Å². The quantitative estimate of drug-likeness (QED) is 0.363. The molecule has 4 heteroatoms. The van der Waals surface area contributed by atoms with Crippen LogP contribution in [-0.4, -0.2) is 24.1 Å². The first-order valence-corrected chi connectivity index (χ1v) is 14.9. The summed E-state index contributed by atoms with van der Waals surface area (Å²) in [5.74, 6) is 1.92. The molecule has 0 aromatic carbocycles. The molecule has 2 fully saturated rings. The molecule has 37 heavy (non-hydrogen) atoms. The van der Waals surface area contributed by atoms with Gasteiger partial charge in [0.1, 0.15) is 12.2 Å². The van der Waals surface area contributed by atoms with Crippen LogP contribution in [0.5, 0.6) is 0 Å². The second-order valence-corrected chi connectivity index (χ2v) is 14.8. The molecule has 0 amide bonds. The molecule has 0 radical (unpaired) electrons. The minimum Gasteiger partial charge on any atom is -0.462 e. The Kier molecular flexibility index (Phi) is 6.36. The number of hydrogen-bond donors (Lipinski definition) is 0. The molecule has 0 unspecified atom stereocenters. The molecule has 0 N–H and O–H groups in total. The van der Waals surface area contributed by atoms with Gasteiger partial charge in [-0.3, -0.25) is 9.59 Å². The second kappa shape index (κ2) is 8.71. The number of allylic oxidation sites excluding steroid dienone is 3. The average molecular weight is 511 g/mol. The highest BCUT2D eigenvalue weighted by Gasteiger charge is 2.67. The monoisotopic (exact) mass is 510 g/mol. The van der Waals surface area contributed by atoms with Gasteiger partial charge in [0.25, 0.3) is 0 Å². The van der Waals surface area contributed by atoms with Crippen molar-refractivity contribution < 1.29 is 19.1 Å². The van der Waals surface area contributed by atoms with Gasteiger partial charge in [-0.15, -0.1) is 0 Å². The molecule has 0 bridgehead atoms. The molecule has 4 nitrogen and oxygen atoms in total. The van der Waals surface area contributed by atoms with Crippen LogP contribution in [0.4, 0.5) is 0 Å². The van der Waals surface area contributed by atoms with Gasteiger partial charge >= 0.3 is 11.9 Å². The van der Waals surface area contributed by atoms with Crippen molar-refractivity contribution in [3.05, 3.63) is 22.8 Å². The number of hydrogen-bond acceptors (Lipinski definition) is 4. The Morgan fingerprint density at radius 1 is 0.919 bits per heavy atom. The van der Waals surface area contributed by atoms with Crippen molar-refractivity contribution in [3.63, 3.8) is 0 Å². The Balaban J connectivity index is 1.58. The van der Waals surface area contributed by atoms with Gasteiger partial charge < -0.3 is 9.47 Å². The van der Waals surface area contributed by atoms with Crippen molar-refractivity contribution in [1.82, 2.24) is 0 Å². The lowest BCUT2D eigenvalue weighted by Crippen LogP contribution is -2.64. The van der Waals surface area contributed by atoms with Crippen LogP contribution in [0.25, 0.3) is 0 Å². The summed E-state index contributed by atoms with van der Waals surface area (Å²) in [6.07, 6.45) is 11.2. The number of esters is 2. The van der Waals surface area contributed by atoms with Gasteiger partial charge in [-0.1, -0.05) is 54.5 Å². The molecule has 0 spiro atoms. The van der Waals surface area contributed by atoms with Crippen molar-refractivity contribution in [2.75, 3.05) is 0 Å². The Labute approximate surface area is 225 Å². The van der Waals surface area contributed by atoms with Crippen LogP contribution in [0.2, 0.25) is 0 Å². The van der Waals surface area contributed by atoms with E-state index >= 15 is 0 Å². The van der Waals surface area contributed by atoms with Crippen LogP contribution in [0.3, 0.4) is 0 Å². The third kappa shape index (κ3) is 3.73. The topological polar surface area (TPSA) is 52.6 Å². The lowest BCUT2D eigenvalue weighted by atomic mass is 9.35. The molecule has 0 aromatic rings. The summed E-state index contributed by atoms with van der Waals surface area (Å²) >= 11 is 0. The maximum Gasteiger partial charge on any atom is 0.303 e. The first kappa shape index (κ1) is 27.0. The highest BCUT2D eigenvalue weighted by molar-refractivity contribution is 5.67. The van der Waals surface area contributed by atoms with E-state index in [0.29, 0.717) is 23.7 Å². The van der Waals surface area contributed by atoms with E-state index in [1.807, 2.05) is 0 Å². The highest BCUT2D eigenvalue weighted by Crippen LogP contribution is 2.74. The molecule has 206 valence electrons. The van der Waals surface area contributed by atoms with Crippen molar-refractivity contribution >= 4 is 11.9 Å². The summed E-state index contributed by atoms with van der Waals surface area (Å²) in [6.45, 7) is 20.2. The van der Waals surface area contributed by atoms with Gasteiger partial charge in [0, 0.05) is 24.7 Å². The van der Waals surface area contributed by atoms with E-state index in [4.69, 9.17) is 9.47 Å². The Bertz CT molecular complexity index is 1050. The molecule has 5 rings (SSSR count). The van der Waals surface area contributed by atoms with Crippen LogP contribution < -0.4 is 0 Å². The summed E-state index contributed by atoms with van der Waals surface area (Å²) < 4.78 is 12.0. The predicted molar refractivity (Wildman–Crippen MR) is 147 cm³/mol. The zero-order valence-corrected chi connectivity index (χ0v) is 24.8. The maximum atomic E-state index is 12.3. The fourth-order valence-electron chi connectivity index (χ4n) is 10.7. The Morgan fingerprint density at radius 3 is 2.22 bits per heavy atom. The molecule has 0 saturated heterocycles. The van der Waals surface area contributed by atoms with Crippen molar-refractivity contribution in [2.24, 2.45) is 45.3 Å². The third-order valence-electron chi connectivity index (χ3n) is 12.5. The lowest BCUT2D eigenvalue weighted by Gasteiger charge is -2.69. The number of carbonyl (C=O) groups is 2. The highest BCUT2D eigenvalue weighted by atomic mass is 16.5. The van der Waals surface area contributed by atoms with Crippen LogP contribution in [0.1, 0.15) is 114 Å². The van der Waals surface area contributed by atoms with Crippen LogP contribution >= 0.6 is 0 Å².